The zero-order valence-corrected chi connectivity index (χ0v) is 28.0. The van der Waals surface area contributed by atoms with Gasteiger partial charge in [-0.1, -0.05) is 77.0 Å². The molecule has 2 aliphatic carbocycles. The van der Waals surface area contributed by atoms with Crippen LogP contribution in [0.1, 0.15) is 128 Å². The predicted octanol–water partition coefficient (Wildman–Crippen LogP) is 6.98. The van der Waals surface area contributed by atoms with Gasteiger partial charge in [-0.2, -0.15) is 0 Å². The number of carbonyl (C=O) groups excluding carboxylic acids is 1. The minimum atomic E-state index is -0.217. The Morgan fingerprint density at radius 1 is 0.932 bits per heavy atom. The first-order valence-corrected chi connectivity index (χ1v) is 18.2. The first kappa shape index (κ1) is 33.5. The number of hydrogen-bond acceptors (Lipinski definition) is 6. The van der Waals surface area contributed by atoms with E-state index < -0.39 is 0 Å². The number of nitrogens with one attached hydrogen (secondary N) is 4. The molecule has 2 heterocycles. The van der Waals surface area contributed by atoms with Crippen molar-refractivity contribution >= 4 is 11.7 Å². The van der Waals surface area contributed by atoms with Crippen LogP contribution in [0.15, 0.2) is 18.2 Å². The summed E-state index contributed by atoms with van der Waals surface area (Å²) in [5.41, 5.74) is 2.15. The van der Waals surface area contributed by atoms with Crippen LogP contribution in [0.2, 0.25) is 0 Å². The molecule has 4 atom stereocenters. The number of benzene rings is 1. The molecule has 0 aromatic heterocycles. The molecule has 8 nitrogen and oxygen atoms in total. The molecular weight excluding hydrogens is 548 g/mol. The Morgan fingerprint density at radius 2 is 1.57 bits per heavy atom. The van der Waals surface area contributed by atoms with E-state index in [9.17, 15) is 4.79 Å². The Bertz CT molecular complexity index is 1000. The van der Waals surface area contributed by atoms with Gasteiger partial charge in [-0.15, -0.1) is 0 Å². The first-order chi connectivity index (χ1) is 21.5. The Balaban J connectivity index is 1.27. The number of fused-ring (bicyclic) bond motifs is 1. The molecule has 2 aliphatic heterocycles. The SMILES string of the molecule is CC1CC(NCCN(C)C)N(C2CCCCCCCC2)C(NC(=O)Nc2ccc3c(c2)C(C2CCCCCCCC2)CO3)N1. The third-order valence-electron chi connectivity index (χ3n) is 10.7. The number of amides is 2. The van der Waals surface area contributed by atoms with Crippen molar-refractivity contribution in [2.24, 2.45) is 5.92 Å². The van der Waals surface area contributed by atoms with E-state index >= 15 is 0 Å². The van der Waals surface area contributed by atoms with Gasteiger partial charge in [-0.3, -0.25) is 10.2 Å². The quantitative estimate of drug-likeness (QED) is 0.254. The van der Waals surface area contributed by atoms with E-state index in [1.165, 1.54) is 108 Å². The summed E-state index contributed by atoms with van der Waals surface area (Å²) in [6, 6.07) is 6.86. The second-order valence-corrected chi connectivity index (χ2v) is 14.5. The lowest BCUT2D eigenvalue weighted by molar-refractivity contribution is -0.0214. The van der Waals surface area contributed by atoms with Crippen molar-refractivity contribution in [2.75, 3.05) is 39.1 Å². The molecule has 4 unspecified atom stereocenters. The van der Waals surface area contributed by atoms with Crippen LogP contribution in [0.3, 0.4) is 0 Å². The highest BCUT2D eigenvalue weighted by Crippen LogP contribution is 2.43. The van der Waals surface area contributed by atoms with Crippen molar-refractivity contribution in [3.05, 3.63) is 23.8 Å². The second-order valence-electron chi connectivity index (χ2n) is 14.5. The van der Waals surface area contributed by atoms with E-state index in [1.807, 2.05) is 6.07 Å². The van der Waals surface area contributed by atoms with Crippen LogP contribution in [0.4, 0.5) is 10.5 Å². The molecule has 0 bridgehead atoms. The molecule has 4 N–H and O–H groups in total. The van der Waals surface area contributed by atoms with E-state index in [-0.39, 0.29) is 18.5 Å². The highest BCUT2D eigenvalue weighted by Gasteiger charge is 2.38. The summed E-state index contributed by atoms with van der Waals surface area (Å²) in [5, 5.41) is 14.2. The van der Waals surface area contributed by atoms with Crippen LogP contribution >= 0.6 is 0 Å². The summed E-state index contributed by atoms with van der Waals surface area (Å²) in [6.07, 6.45) is 22.0. The number of hydrogen-bond donors (Lipinski definition) is 4. The molecule has 1 aromatic carbocycles. The standard InChI is InChI=1S/C36H62N6O2/c1-27-24-34(37-22-23-41(2)3)42(30-18-14-10-6-7-11-15-19-30)35(38-27)40-36(43)39-29-20-21-33-31(25-29)32(26-44-33)28-16-12-8-4-5-9-13-17-28/h20-21,25,27-28,30,32,34-35,37-38H,4-19,22-24,26H2,1-3H3,(H2,39,40,43). The van der Waals surface area contributed by atoms with Gasteiger partial charge in [-0.05, 0) is 77.2 Å². The Kier molecular flexibility index (Phi) is 13.1. The number of likely N-dealkylation sites (N-methyl/N-ethyl adjacent to an activating group) is 1. The number of nitrogens with zero attached hydrogens (tertiary/aromatic N) is 2. The summed E-state index contributed by atoms with van der Waals surface area (Å²) in [7, 11) is 4.26. The van der Waals surface area contributed by atoms with E-state index in [0.29, 0.717) is 23.9 Å². The van der Waals surface area contributed by atoms with Gasteiger partial charge in [0.25, 0.3) is 0 Å². The fourth-order valence-corrected chi connectivity index (χ4v) is 8.26. The van der Waals surface area contributed by atoms with Crippen LogP contribution < -0.4 is 26.0 Å². The minimum absolute atomic E-state index is 0.144. The maximum Gasteiger partial charge on any atom is 0.321 e. The van der Waals surface area contributed by atoms with E-state index in [0.717, 1.165) is 37.6 Å². The van der Waals surface area contributed by atoms with E-state index in [1.54, 1.807) is 0 Å². The number of ether oxygens (including phenoxy) is 1. The fourth-order valence-electron chi connectivity index (χ4n) is 8.26. The normalized spacial score (nSPS) is 28.5. The zero-order valence-electron chi connectivity index (χ0n) is 28.0. The third kappa shape index (κ3) is 9.57. The summed E-state index contributed by atoms with van der Waals surface area (Å²) in [4.78, 5) is 18.5. The van der Waals surface area contributed by atoms with Gasteiger partial charge in [0.1, 0.15) is 12.0 Å². The van der Waals surface area contributed by atoms with Crippen LogP contribution in [0, 0.1) is 5.92 Å². The van der Waals surface area contributed by atoms with Crippen molar-refractivity contribution in [1.29, 1.82) is 0 Å². The van der Waals surface area contributed by atoms with Gasteiger partial charge in [0.2, 0.25) is 0 Å². The smallest absolute Gasteiger partial charge is 0.321 e. The first-order valence-electron chi connectivity index (χ1n) is 18.2. The maximum absolute atomic E-state index is 13.7. The topological polar surface area (TPSA) is 80.9 Å². The number of carbonyl (C=O) groups is 1. The van der Waals surface area contributed by atoms with Crippen molar-refractivity contribution in [2.45, 2.75) is 147 Å². The van der Waals surface area contributed by atoms with Crippen molar-refractivity contribution in [3.63, 3.8) is 0 Å². The third-order valence-corrected chi connectivity index (χ3v) is 10.7. The van der Waals surface area contributed by atoms with Crippen LogP contribution in [0.5, 0.6) is 5.75 Å². The lowest BCUT2D eigenvalue weighted by atomic mass is 9.81. The predicted molar refractivity (Wildman–Crippen MR) is 181 cm³/mol. The van der Waals surface area contributed by atoms with E-state index in [4.69, 9.17) is 4.74 Å². The summed E-state index contributed by atoms with van der Waals surface area (Å²) in [5.74, 6) is 2.10. The molecule has 44 heavy (non-hydrogen) atoms. The maximum atomic E-state index is 13.7. The monoisotopic (exact) mass is 610 g/mol. The molecule has 5 rings (SSSR count). The van der Waals surface area contributed by atoms with E-state index in [2.05, 4.69) is 64.2 Å². The summed E-state index contributed by atoms with van der Waals surface area (Å²) < 4.78 is 6.17. The highest BCUT2D eigenvalue weighted by atomic mass is 16.5. The molecular formula is C36H62N6O2. The molecule has 0 spiro atoms. The average Bonchev–Trinajstić information content (AvgIpc) is 3.49. The molecule has 248 valence electrons. The van der Waals surface area contributed by atoms with Crippen molar-refractivity contribution in [3.8, 4) is 5.75 Å². The van der Waals surface area contributed by atoms with Gasteiger partial charge in [0.05, 0.1) is 12.8 Å². The lowest BCUT2D eigenvalue weighted by Crippen LogP contribution is -2.71. The number of anilines is 1. The van der Waals surface area contributed by atoms with Crippen LogP contribution in [-0.4, -0.2) is 74.2 Å². The fraction of sp³-hybridized carbons (Fsp3) is 0.806. The Morgan fingerprint density at radius 3 is 2.23 bits per heavy atom. The molecule has 8 heteroatoms. The number of rotatable bonds is 8. The summed E-state index contributed by atoms with van der Waals surface area (Å²) >= 11 is 0. The highest BCUT2D eigenvalue weighted by molar-refractivity contribution is 5.89. The Hall–Kier alpha value is -1.87. The largest absolute Gasteiger partial charge is 0.493 e. The second kappa shape index (κ2) is 17.2. The molecule has 4 aliphatic rings. The lowest BCUT2D eigenvalue weighted by Gasteiger charge is -2.49. The zero-order chi connectivity index (χ0) is 30.7. The van der Waals surface area contributed by atoms with Gasteiger partial charge in [0.15, 0.2) is 0 Å². The molecule has 0 radical (unpaired) electrons. The van der Waals surface area contributed by atoms with Crippen LogP contribution in [0.25, 0.3) is 0 Å². The molecule has 3 fully saturated rings. The van der Waals surface area contributed by atoms with Gasteiger partial charge in [-0.25, -0.2) is 4.79 Å². The van der Waals surface area contributed by atoms with Gasteiger partial charge in [0, 0.05) is 42.3 Å². The van der Waals surface area contributed by atoms with Crippen molar-refractivity contribution in [1.82, 2.24) is 25.8 Å². The van der Waals surface area contributed by atoms with Gasteiger partial charge < -0.3 is 25.6 Å². The molecule has 1 aromatic rings. The molecule has 1 saturated heterocycles. The number of urea groups is 1. The Labute approximate surface area is 267 Å². The minimum Gasteiger partial charge on any atom is -0.493 e. The molecule has 2 saturated carbocycles. The van der Waals surface area contributed by atoms with Crippen LogP contribution in [-0.2, 0) is 0 Å². The van der Waals surface area contributed by atoms with Gasteiger partial charge >= 0.3 is 6.03 Å². The molecule has 2 amide bonds. The average molecular weight is 611 g/mol. The summed E-state index contributed by atoms with van der Waals surface area (Å²) in [6.45, 7) is 4.95. The van der Waals surface area contributed by atoms with Crippen molar-refractivity contribution < 1.29 is 9.53 Å².